The van der Waals surface area contributed by atoms with E-state index in [1.165, 1.54) is 18.7 Å². The van der Waals surface area contributed by atoms with E-state index in [2.05, 4.69) is 19.1 Å². The first-order valence-electron chi connectivity index (χ1n) is 5.76. The van der Waals surface area contributed by atoms with E-state index < -0.39 is 12.9 Å². The fourth-order valence-electron chi connectivity index (χ4n) is 1.43. The molecule has 0 saturated carbocycles. The Morgan fingerprint density at radius 1 is 1.05 bits per heavy atom. The molecule has 0 unspecified atom stereocenters. The first kappa shape index (κ1) is 15.2. The second kappa shape index (κ2) is 7.56. The molecule has 5 heteroatoms. The van der Waals surface area contributed by atoms with Gasteiger partial charge in [0, 0.05) is 11.5 Å². The predicted molar refractivity (Wildman–Crippen MR) is 74.0 cm³/mol. The number of ether oxygens (including phenoxy) is 1. The van der Waals surface area contributed by atoms with Crippen molar-refractivity contribution in [3.05, 3.63) is 59.9 Å². The smallest absolute Gasteiger partial charge is 0.492 e. The van der Waals surface area contributed by atoms with Crippen LogP contribution in [0.2, 0.25) is 0 Å². The Labute approximate surface area is 112 Å². The van der Waals surface area contributed by atoms with Crippen LogP contribution in [-0.2, 0) is 0 Å². The van der Waals surface area contributed by atoms with Crippen molar-refractivity contribution in [2.75, 3.05) is 7.11 Å². The van der Waals surface area contributed by atoms with Crippen LogP contribution in [0, 0.1) is 12.7 Å². The van der Waals surface area contributed by atoms with E-state index in [1.54, 1.807) is 0 Å². The Balaban J connectivity index is 0.000000218. The van der Waals surface area contributed by atoms with Crippen LogP contribution < -0.4 is 10.2 Å². The van der Waals surface area contributed by atoms with Crippen molar-refractivity contribution >= 4 is 12.6 Å². The summed E-state index contributed by atoms with van der Waals surface area (Å²) in [7, 11) is -0.304. The van der Waals surface area contributed by atoms with Crippen molar-refractivity contribution in [3.63, 3.8) is 0 Å². The average Bonchev–Trinajstić information content (AvgIpc) is 2.39. The van der Waals surface area contributed by atoms with E-state index in [-0.39, 0.29) is 11.2 Å². The molecule has 19 heavy (non-hydrogen) atoms. The van der Waals surface area contributed by atoms with Gasteiger partial charge in [0.05, 0.1) is 7.11 Å². The summed E-state index contributed by atoms with van der Waals surface area (Å²) in [5.41, 5.74) is 1.47. The van der Waals surface area contributed by atoms with Gasteiger partial charge in [0.25, 0.3) is 0 Å². The highest BCUT2D eigenvalue weighted by Gasteiger charge is 2.16. The monoisotopic (exact) mass is 262 g/mol. The van der Waals surface area contributed by atoms with E-state index in [4.69, 9.17) is 14.8 Å². The van der Waals surface area contributed by atoms with Crippen LogP contribution in [0.4, 0.5) is 4.39 Å². The summed E-state index contributed by atoms with van der Waals surface area (Å²) < 4.78 is 17.3. The molecule has 0 atom stereocenters. The summed E-state index contributed by atoms with van der Waals surface area (Å²) in [5.74, 6) is -0.346. The summed E-state index contributed by atoms with van der Waals surface area (Å²) in [6, 6.07) is 13.8. The third-order valence-electron chi connectivity index (χ3n) is 2.41. The normalized spacial score (nSPS) is 9.32. The molecule has 2 rings (SSSR count). The number of halogens is 1. The molecule has 0 aliphatic heterocycles. The van der Waals surface area contributed by atoms with Gasteiger partial charge in [-0.15, -0.1) is 0 Å². The summed E-state index contributed by atoms with van der Waals surface area (Å²) in [6.07, 6.45) is 0. The van der Waals surface area contributed by atoms with Gasteiger partial charge >= 0.3 is 7.12 Å². The summed E-state index contributed by atoms with van der Waals surface area (Å²) in [6.45, 7) is 2.08. The highest BCUT2D eigenvalue weighted by atomic mass is 19.1. The van der Waals surface area contributed by atoms with Gasteiger partial charge in [-0.2, -0.15) is 0 Å². The van der Waals surface area contributed by atoms with E-state index in [0.29, 0.717) is 0 Å². The zero-order valence-electron chi connectivity index (χ0n) is 10.9. The number of rotatable bonds is 2. The topological polar surface area (TPSA) is 49.7 Å². The molecular formula is C14H16BFO3. The molecular weight excluding hydrogens is 246 g/mol. The maximum Gasteiger partial charge on any atom is 0.492 e. The molecule has 3 nitrogen and oxygen atoms in total. The lowest BCUT2D eigenvalue weighted by Gasteiger charge is -2.06. The van der Waals surface area contributed by atoms with E-state index in [9.17, 15) is 4.39 Å². The lowest BCUT2D eigenvalue weighted by Crippen LogP contribution is -2.31. The van der Waals surface area contributed by atoms with Crippen molar-refractivity contribution in [1.29, 1.82) is 0 Å². The molecule has 0 radical (unpaired) electrons. The van der Waals surface area contributed by atoms with Crippen molar-refractivity contribution in [1.82, 2.24) is 0 Å². The molecule has 2 aromatic carbocycles. The largest absolute Gasteiger partial charge is 0.497 e. The zero-order valence-corrected chi connectivity index (χ0v) is 10.9. The van der Waals surface area contributed by atoms with Crippen LogP contribution >= 0.6 is 0 Å². The van der Waals surface area contributed by atoms with E-state index >= 15 is 0 Å². The number of methoxy groups -OCH3 is 1. The highest BCUT2D eigenvalue weighted by molar-refractivity contribution is 6.59. The number of benzene rings is 2. The molecule has 0 fully saturated rings. The van der Waals surface area contributed by atoms with E-state index in [0.717, 1.165) is 12.1 Å². The number of hydrogen-bond acceptors (Lipinski definition) is 3. The van der Waals surface area contributed by atoms with Crippen LogP contribution in [0.5, 0.6) is 5.75 Å². The minimum Gasteiger partial charge on any atom is -0.497 e. The number of aryl methyl sites for hydroxylation is 1. The zero-order chi connectivity index (χ0) is 14.3. The summed E-state index contributed by atoms with van der Waals surface area (Å²) in [5, 5.41) is 17.6. The lowest BCUT2D eigenvalue weighted by atomic mass is 9.79. The minimum absolute atomic E-state index is 0.130. The molecule has 0 heterocycles. The fourth-order valence-corrected chi connectivity index (χ4v) is 1.43. The molecule has 0 aromatic heterocycles. The Hall–Kier alpha value is -1.85. The molecule has 0 aliphatic carbocycles. The molecule has 2 aromatic rings. The van der Waals surface area contributed by atoms with Crippen LogP contribution in [0.25, 0.3) is 0 Å². The van der Waals surface area contributed by atoms with Gasteiger partial charge in [-0.05, 0) is 13.0 Å². The Kier molecular flexibility index (Phi) is 6.05. The first-order chi connectivity index (χ1) is 9.04. The first-order valence-corrected chi connectivity index (χ1v) is 5.76. The minimum atomic E-state index is -1.64. The van der Waals surface area contributed by atoms with Crippen LogP contribution in [0.15, 0.2) is 48.5 Å². The van der Waals surface area contributed by atoms with Gasteiger partial charge in [-0.25, -0.2) is 4.39 Å². The second-order valence-corrected chi connectivity index (χ2v) is 3.91. The molecule has 0 bridgehead atoms. The van der Waals surface area contributed by atoms with Gasteiger partial charge < -0.3 is 14.8 Å². The number of hydrogen-bond donors (Lipinski definition) is 2. The van der Waals surface area contributed by atoms with Crippen LogP contribution in [0.3, 0.4) is 0 Å². The molecule has 2 N–H and O–H groups in total. The van der Waals surface area contributed by atoms with Crippen molar-refractivity contribution in [3.8, 4) is 5.75 Å². The Bertz CT molecular complexity index is 503. The van der Waals surface area contributed by atoms with Gasteiger partial charge in [0.2, 0.25) is 0 Å². The van der Waals surface area contributed by atoms with Crippen molar-refractivity contribution in [2.24, 2.45) is 0 Å². The fraction of sp³-hybridized carbons (Fsp3) is 0.143. The third-order valence-corrected chi connectivity index (χ3v) is 2.41. The van der Waals surface area contributed by atoms with Crippen LogP contribution in [0.1, 0.15) is 5.56 Å². The van der Waals surface area contributed by atoms with Crippen molar-refractivity contribution < 1.29 is 19.2 Å². The van der Waals surface area contributed by atoms with E-state index in [1.807, 2.05) is 18.2 Å². The standard InChI is InChI=1S/C7H8BFO3.C7H8/c1-12-7-4-5(9)2-3-6(7)8(10)11;1-7-5-3-2-4-6-7/h2-4,10-11H,1H3;2-6H,1H3. The SMILES string of the molecule is COc1cc(F)ccc1B(O)O.Cc1ccccc1. The predicted octanol–water partition coefficient (Wildman–Crippen LogP) is 1.51. The van der Waals surface area contributed by atoms with Crippen LogP contribution in [-0.4, -0.2) is 24.3 Å². The van der Waals surface area contributed by atoms with Gasteiger partial charge in [-0.1, -0.05) is 42.0 Å². The molecule has 0 saturated heterocycles. The molecule has 0 amide bonds. The summed E-state index contributed by atoms with van der Waals surface area (Å²) in [4.78, 5) is 0. The Morgan fingerprint density at radius 2 is 1.68 bits per heavy atom. The lowest BCUT2D eigenvalue weighted by molar-refractivity contribution is 0.401. The summed E-state index contributed by atoms with van der Waals surface area (Å²) >= 11 is 0. The molecule has 100 valence electrons. The average molecular weight is 262 g/mol. The highest BCUT2D eigenvalue weighted by Crippen LogP contribution is 2.09. The maximum absolute atomic E-state index is 12.6. The third kappa shape index (κ3) is 5.12. The van der Waals surface area contributed by atoms with Gasteiger partial charge in [0.15, 0.2) is 0 Å². The maximum atomic E-state index is 12.6. The molecule has 0 spiro atoms. The van der Waals surface area contributed by atoms with Crippen molar-refractivity contribution in [2.45, 2.75) is 6.92 Å². The second-order valence-electron chi connectivity index (χ2n) is 3.91. The van der Waals surface area contributed by atoms with Gasteiger partial charge in [-0.3, -0.25) is 0 Å². The molecule has 0 aliphatic rings. The Morgan fingerprint density at radius 3 is 2.11 bits per heavy atom. The quantitative estimate of drug-likeness (QED) is 0.806. The van der Waals surface area contributed by atoms with Gasteiger partial charge in [0.1, 0.15) is 11.6 Å².